The Morgan fingerprint density at radius 2 is 2.25 bits per heavy atom. The minimum atomic E-state index is 0.810. The molecule has 2 aromatic rings. The molecule has 2 nitrogen and oxygen atoms in total. The minimum absolute atomic E-state index is 0.810. The van der Waals surface area contributed by atoms with Crippen molar-refractivity contribution < 1.29 is 0 Å². The Hall–Kier alpha value is -0.960. The van der Waals surface area contributed by atoms with Gasteiger partial charge in [0.2, 0.25) is 0 Å². The molecule has 0 spiro atoms. The highest BCUT2D eigenvalue weighted by atomic mass is 79.9. The molecule has 1 heterocycles. The summed E-state index contributed by atoms with van der Waals surface area (Å²) in [5.74, 6) is 0. The van der Waals surface area contributed by atoms with Gasteiger partial charge in [-0.3, -0.25) is 0 Å². The molecule has 0 amide bonds. The first-order valence-corrected chi connectivity index (χ1v) is 4.51. The van der Waals surface area contributed by atoms with Crippen LogP contribution in [0.2, 0.25) is 0 Å². The Bertz CT molecular complexity index is 431. The number of anilines is 1. The van der Waals surface area contributed by atoms with Crippen molar-refractivity contribution in [3.05, 3.63) is 28.4 Å². The van der Waals surface area contributed by atoms with Crippen LogP contribution in [0.25, 0.3) is 10.9 Å². The molecule has 0 unspecified atom stereocenters. The standard InChI is InChI=1S/C9H9BrN2/c1-5-8(11)7(10)4-6-2-3-12-9(5)6/h2-4,12H,11H2,1H3. The van der Waals surface area contributed by atoms with E-state index < -0.39 is 0 Å². The zero-order valence-electron chi connectivity index (χ0n) is 6.69. The number of hydrogen-bond donors (Lipinski definition) is 2. The summed E-state index contributed by atoms with van der Waals surface area (Å²) in [6.45, 7) is 2.01. The predicted octanol–water partition coefficient (Wildman–Crippen LogP) is 2.82. The summed E-state index contributed by atoms with van der Waals surface area (Å²) in [6.07, 6.45) is 1.92. The van der Waals surface area contributed by atoms with E-state index in [4.69, 9.17) is 5.73 Å². The number of fused-ring (bicyclic) bond motifs is 1. The highest BCUT2D eigenvalue weighted by molar-refractivity contribution is 9.10. The van der Waals surface area contributed by atoms with Crippen molar-refractivity contribution in [3.63, 3.8) is 0 Å². The maximum absolute atomic E-state index is 5.84. The maximum Gasteiger partial charge on any atom is 0.0509 e. The van der Waals surface area contributed by atoms with Gasteiger partial charge < -0.3 is 10.7 Å². The Morgan fingerprint density at radius 1 is 1.50 bits per heavy atom. The molecule has 0 fully saturated rings. The Morgan fingerprint density at radius 3 is 3.00 bits per heavy atom. The molecular formula is C9H9BrN2. The third-order valence-corrected chi connectivity index (χ3v) is 2.75. The molecule has 12 heavy (non-hydrogen) atoms. The second-order valence-corrected chi connectivity index (χ2v) is 3.69. The number of nitrogens with one attached hydrogen (secondary N) is 1. The highest BCUT2D eigenvalue weighted by Crippen LogP contribution is 2.29. The van der Waals surface area contributed by atoms with Crippen LogP contribution < -0.4 is 5.73 Å². The van der Waals surface area contributed by atoms with Gasteiger partial charge in [0.25, 0.3) is 0 Å². The zero-order valence-corrected chi connectivity index (χ0v) is 8.27. The quantitative estimate of drug-likeness (QED) is 0.665. The fraction of sp³-hybridized carbons (Fsp3) is 0.111. The van der Waals surface area contributed by atoms with Gasteiger partial charge in [-0.1, -0.05) is 0 Å². The number of hydrogen-bond acceptors (Lipinski definition) is 1. The summed E-state index contributed by atoms with van der Waals surface area (Å²) in [4.78, 5) is 3.16. The van der Waals surface area contributed by atoms with Crippen LogP contribution in [0.3, 0.4) is 0 Å². The van der Waals surface area contributed by atoms with Crippen molar-refractivity contribution in [1.29, 1.82) is 0 Å². The number of benzene rings is 1. The molecule has 3 N–H and O–H groups in total. The van der Waals surface area contributed by atoms with Crippen LogP contribution in [-0.2, 0) is 0 Å². The normalized spacial score (nSPS) is 10.8. The Balaban J connectivity index is 2.94. The van der Waals surface area contributed by atoms with E-state index in [1.54, 1.807) is 0 Å². The summed E-state index contributed by atoms with van der Waals surface area (Å²) in [7, 11) is 0. The van der Waals surface area contributed by atoms with E-state index in [9.17, 15) is 0 Å². The molecule has 0 aliphatic rings. The molecule has 1 aromatic carbocycles. The molecule has 0 saturated carbocycles. The van der Waals surface area contributed by atoms with Crippen LogP contribution in [-0.4, -0.2) is 4.98 Å². The lowest BCUT2D eigenvalue weighted by Crippen LogP contribution is -1.91. The van der Waals surface area contributed by atoms with Crippen molar-refractivity contribution in [1.82, 2.24) is 4.98 Å². The van der Waals surface area contributed by atoms with E-state index in [0.717, 1.165) is 21.2 Å². The number of aromatic nitrogens is 1. The summed E-state index contributed by atoms with van der Waals surface area (Å²) in [6, 6.07) is 4.06. The van der Waals surface area contributed by atoms with Crippen molar-refractivity contribution in [2.45, 2.75) is 6.92 Å². The van der Waals surface area contributed by atoms with Crippen LogP contribution in [0.5, 0.6) is 0 Å². The summed E-state index contributed by atoms with van der Waals surface area (Å²) < 4.78 is 0.965. The van der Waals surface area contributed by atoms with E-state index in [-0.39, 0.29) is 0 Å². The summed E-state index contributed by atoms with van der Waals surface area (Å²) >= 11 is 3.41. The fourth-order valence-electron chi connectivity index (χ4n) is 1.35. The third-order valence-electron chi connectivity index (χ3n) is 2.10. The second-order valence-electron chi connectivity index (χ2n) is 2.84. The molecule has 0 bridgehead atoms. The number of nitrogens with two attached hydrogens (primary N) is 1. The number of H-pyrrole nitrogens is 1. The van der Waals surface area contributed by atoms with E-state index in [1.807, 2.05) is 25.3 Å². The number of aromatic amines is 1. The van der Waals surface area contributed by atoms with Gasteiger partial charge in [-0.2, -0.15) is 0 Å². The first kappa shape index (κ1) is 7.68. The summed E-state index contributed by atoms with van der Waals surface area (Å²) in [5, 5.41) is 1.19. The van der Waals surface area contributed by atoms with Crippen LogP contribution in [0.15, 0.2) is 22.8 Å². The van der Waals surface area contributed by atoms with Gasteiger partial charge in [-0.05, 0) is 40.5 Å². The third kappa shape index (κ3) is 0.932. The highest BCUT2D eigenvalue weighted by Gasteiger charge is 2.05. The zero-order chi connectivity index (χ0) is 8.72. The fourth-order valence-corrected chi connectivity index (χ4v) is 1.90. The molecule has 0 atom stereocenters. The van der Waals surface area contributed by atoms with Gasteiger partial charge in [0, 0.05) is 16.1 Å². The van der Waals surface area contributed by atoms with Gasteiger partial charge in [0.05, 0.1) is 11.2 Å². The molecule has 0 aliphatic heterocycles. The first-order valence-electron chi connectivity index (χ1n) is 3.72. The molecule has 0 radical (unpaired) electrons. The van der Waals surface area contributed by atoms with Gasteiger partial charge in [0.1, 0.15) is 0 Å². The first-order chi connectivity index (χ1) is 5.70. The topological polar surface area (TPSA) is 41.8 Å². The van der Waals surface area contributed by atoms with Crippen molar-refractivity contribution in [2.24, 2.45) is 0 Å². The monoisotopic (exact) mass is 224 g/mol. The van der Waals surface area contributed by atoms with Crippen LogP contribution >= 0.6 is 15.9 Å². The summed E-state index contributed by atoms with van der Waals surface area (Å²) in [5.41, 5.74) is 8.87. The minimum Gasteiger partial charge on any atom is -0.398 e. The lowest BCUT2D eigenvalue weighted by Gasteiger charge is -2.03. The van der Waals surface area contributed by atoms with E-state index in [0.29, 0.717) is 0 Å². The maximum atomic E-state index is 5.84. The number of nitrogen functional groups attached to an aromatic ring is 1. The molecule has 62 valence electrons. The Kier molecular flexibility index (Phi) is 1.61. The van der Waals surface area contributed by atoms with Crippen molar-refractivity contribution >= 4 is 32.5 Å². The molecule has 2 rings (SSSR count). The molecule has 0 aliphatic carbocycles. The van der Waals surface area contributed by atoms with Crippen molar-refractivity contribution in [3.8, 4) is 0 Å². The smallest absolute Gasteiger partial charge is 0.0509 e. The van der Waals surface area contributed by atoms with Gasteiger partial charge in [-0.15, -0.1) is 0 Å². The lowest BCUT2D eigenvalue weighted by atomic mass is 10.1. The lowest BCUT2D eigenvalue weighted by molar-refractivity contribution is 1.41. The molecule has 0 saturated heterocycles. The van der Waals surface area contributed by atoms with Crippen LogP contribution in [0.4, 0.5) is 5.69 Å². The Labute approximate surface area is 78.9 Å². The van der Waals surface area contributed by atoms with Gasteiger partial charge >= 0.3 is 0 Å². The van der Waals surface area contributed by atoms with Crippen LogP contribution in [0, 0.1) is 6.92 Å². The molecule has 1 aromatic heterocycles. The molecular weight excluding hydrogens is 216 g/mol. The van der Waals surface area contributed by atoms with Gasteiger partial charge in [0.15, 0.2) is 0 Å². The average molecular weight is 225 g/mol. The number of aryl methyl sites for hydroxylation is 1. The average Bonchev–Trinajstić information content (AvgIpc) is 2.48. The van der Waals surface area contributed by atoms with Crippen LogP contribution in [0.1, 0.15) is 5.56 Å². The van der Waals surface area contributed by atoms with E-state index in [2.05, 4.69) is 20.9 Å². The largest absolute Gasteiger partial charge is 0.398 e. The molecule has 3 heteroatoms. The number of rotatable bonds is 0. The predicted molar refractivity (Wildman–Crippen MR) is 55.1 cm³/mol. The van der Waals surface area contributed by atoms with E-state index in [1.165, 1.54) is 5.39 Å². The van der Waals surface area contributed by atoms with Gasteiger partial charge in [-0.25, -0.2) is 0 Å². The second kappa shape index (κ2) is 2.52. The van der Waals surface area contributed by atoms with E-state index >= 15 is 0 Å². The SMILES string of the molecule is Cc1c(N)c(Br)cc2cc[nH]c12. The van der Waals surface area contributed by atoms with Crippen molar-refractivity contribution in [2.75, 3.05) is 5.73 Å². The number of halogens is 1.